The summed E-state index contributed by atoms with van der Waals surface area (Å²) in [5, 5.41) is 17.4. The van der Waals surface area contributed by atoms with E-state index in [1.165, 1.54) is 0 Å². The maximum absolute atomic E-state index is 10.6. The second kappa shape index (κ2) is 5.74. The zero-order valence-electron chi connectivity index (χ0n) is 6.80. The molecule has 0 radical (unpaired) electrons. The van der Waals surface area contributed by atoms with Gasteiger partial charge < -0.3 is 10.2 Å². The van der Waals surface area contributed by atoms with Crippen molar-refractivity contribution in [2.45, 2.75) is 6.10 Å². The van der Waals surface area contributed by atoms with Crippen LogP contribution in [0.15, 0.2) is 0 Å². The van der Waals surface area contributed by atoms with Crippen molar-refractivity contribution in [1.29, 1.82) is 0 Å². The molecule has 0 heterocycles. The Labute approximate surface area is 81.6 Å². The molecular weight excluding hydrogens is 222 g/mol. The van der Waals surface area contributed by atoms with E-state index in [9.17, 15) is 8.42 Å². The van der Waals surface area contributed by atoms with Crippen molar-refractivity contribution in [2.75, 3.05) is 25.6 Å². The highest BCUT2D eigenvalue weighted by atomic mass is 35.5. The molecule has 6 nitrogen and oxygen atoms in total. The third-order valence-electron chi connectivity index (χ3n) is 1.27. The van der Waals surface area contributed by atoms with Gasteiger partial charge in [0.2, 0.25) is 0 Å². The van der Waals surface area contributed by atoms with Gasteiger partial charge in [0.15, 0.2) is 0 Å². The zero-order valence-corrected chi connectivity index (χ0v) is 8.37. The van der Waals surface area contributed by atoms with Gasteiger partial charge in [0.1, 0.15) is 0 Å². The van der Waals surface area contributed by atoms with E-state index >= 15 is 0 Å². The molecule has 0 aromatic rings. The quantitative estimate of drug-likeness (QED) is 0.391. The van der Waals surface area contributed by atoms with E-state index in [1.54, 1.807) is 0 Å². The maximum atomic E-state index is 10.6. The largest absolute Gasteiger partial charge is 0.395 e. The molecule has 13 heavy (non-hydrogen) atoms. The molecule has 0 saturated heterocycles. The number of aliphatic hydroxyl groups excluding tert-OH is 2. The van der Waals surface area contributed by atoms with Crippen LogP contribution in [0.3, 0.4) is 0 Å². The molecule has 80 valence electrons. The molecule has 0 bridgehead atoms. The zero-order chi connectivity index (χ0) is 10.5. The Kier molecular flexibility index (Phi) is 5.77. The topological polar surface area (TPSA) is 98.1 Å². The van der Waals surface area contributed by atoms with Gasteiger partial charge in [-0.05, 0) is 0 Å². The number of hydrogen-bond acceptors (Lipinski definition) is 4. The highest BCUT2D eigenvalue weighted by Crippen LogP contribution is 2.00. The molecule has 0 saturated carbocycles. The summed E-state index contributed by atoms with van der Waals surface area (Å²) in [4.78, 5) is 0. The van der Waals surface area contributed by atoms with Crippen LogP contribution in [0.5, 0.6) is 0 Å². The molecule has 0 spiro atoms. The SMILES string of the molecule is O=S(=O)(O)N(CCO)CC(O)CCl. The summed E-state index contributed by atoms with van der Waals surface area (Å²) in [6, 6.07) is 0. The van der Waals surface area contributed by atoms with E-state index in [2.05, 4.69) is 0 Å². The predicted octanol–water partition coefficient (Wildman–Crippen LogP) is -1.32. The number of nitrogens with zero attached hydrogens (tertiary/aromatic N) is 1. The highest BCUT2D eigenvalue weighted by Gasteiger charge is 2.20. The Morgan fingerprint density at radius 1 is 1.46 bits per heavy atom. The van der Waals surface area contributed by atoms with E-state index < -0.39 is 23.0 Å². The minimum Gasteiger partial charge on any atom is -0.395 e. The molecule has 0 fully saturated rings. The molecule has 0 aliphatic carbocycles. The maximum Gasteiger partial charge on any atom is 0.336 e. The molecular formula is C5H12ClNO5S. The van der Waals surface area contributed by atoms with E-state index in [-0.39, 0.29) is 19.0 Å². The second-order valence-corrected chi connectivity index (χ2v) is 4.09. The van der Waals surface area contributed by atoms with Crippen LogP contribution in [0.25, 0.3) is 0 Å². The minimum atomic E-state index is -4.38. The van der Waals surface area contributed by atoms with E-state index in [4.69, 9.17) is 26.4 Å². The van der Waals surface area contributed by atoms with Gasteiger partial charge in [-0.1, -0.05) is 0 Å². The molecule has 3 N–H and O–H groups in total. The van der Waals surface area contributed by atoms with Crippen molar-refractivity contribution in [2.24, 2.45) is 0 Å². The van der Waals surface area contributed by atoms with Gasteiger partial charge in [-0.15, -0.1) is 11.6 Å². The number of alkyl halides is 1. The fourth-order valence-corrected chi connectivity index (χ4v) is 1.47. The Hall–Kier alpha value is 0.0800. The van der Waals surface area contributed by atoms with E-state index in [0.29, 0.717) is 4.31 Å². The molecule has 0 aromatic heterocycles. The predicted molar refractivity (Wildman–Crippen MR) is 46.9 cm³/mol. The van der Waals surface area contributed by atoms with E-state index in [0.717, 1.165) is 0 Å². The average Bonchev–Trinajstić information content (AvgIpc) is 2.01. The lowest BCUT2D eigenvalue weighted by Gasteiger charge is -2.19. The van der Waals surface area contributed by atoms with Crippen LogP contribution < -0.4 is 0 Å². The first-order valence-corrected chi connectivity index (χ1v) is 5.42. The van der Waals surface area contributed by atoms with E-state index in [1.807, 2.05) is 0 Å². The fraction of sp³-hybridized carbons (Fsp3) is 1.00. The Balaban J connectivity index is 4.27. The number of halogens is 1. The first-order chi connectivity index (χ1) is 5.91. The smallest absolute Gasteiger partial charge is 0.336 e. The normalized spacial score (nSPS) is 14.8. The molecule has 0 aromatic carbocycles. The molecule has 0 rings (SSSR count). The molecule has 1 unspecified atom stereocenters. The molecule has 0 aliphatic rings. The molecule has 1 atom stereocenters. The van der Waals surface area contributed by atoms with Crippen molar-refractivity contribution in [3.8, 4) is 0 Å². The Bertz CT molecular complexity index is 231. The fourth-order valence-electron chi connectivity index (χ4n) is 0.696. The summed E-state index contributed by atoms with van der Waals surface area (Å²) in [6.45, 7) is -1.04. The van der Waals surface area contributed by atoms with Crippen LogP contribution in [-0.2, 0) is 10.3 Å². The van der Waals surface area contributed by atoms with Gasteiger partial charge in [0, 0.05) is 19.0 Å². The molecule has 8 heteroatoms. The van der Waals surface area contributed by atoms with Gasteiger partial charge >= 0.3 is 10.3 Å². The van der Waals surface area contributed by atoms with Gasteiger partial charge in [-0.25, -0.2) is 0 Å². The average molecular weight is 234 g/mol. The Morgan fingerprint density at radius 3 is 2.31 bits per heavy atom. The summed E-state index contributed by atoms with van der Waals surface area (Å²) >= 11 is 5.23. The lowest BCUT2D eigenvalue weighted by atomic mass is 10.4. The minimum absolute atomic E-state index is 0.141. The number of rotatable bonds is 6. The van der Waals surface area contributed by atoms with Crippen LogP contribution in [0, 0.1) is 0 Å². The van der Waals surface area contributed by atoms with Crippen LogP contribution in [-0.4, -0.2) is 59.2 Å². The second-order valence-electron chi connectivity index (χ2n) is 2.37. The lowest BCUT2D eigenvalue weighted by Crippen LogP contribution is -2.39. The van der Waals surface area contributed by atoms with Gasteiger partial charge in [-0.3, -0.25) is 4.55 Å². The van der Waals surface area contributed by atoms with Crippen molar-refractivity contribution < 1.29 is 23.2 Å². The first-order valence-electron chi connectivity index (χ1n) is 3.49. The Morgan fingerprint density at radius 2 is 2.00 bits per heavy atom. The van der Waals surface area contributed by atoms with Crippen molar-refractivity contribution >= 4 is 21.9 Å². The lowest BCUT2D eigenvalue weighted by molar-refractivity contribution is 0.149. The number of aliphatic hydroxyl groups is 2. The van der Waals surface area contributed by atoms with Crippen LogP contribution in [0.1, 0.15) is 0 Å². The summed E-state index contributed by atoms with van der Waals surface area (Å²) < 4.78 is 30.3. The molecule has 0 aliphatic heterocycles. The van der Waals surface area contributed by atoms with Crippen molar-refractivity contribution in [3.63, 3.8) is 0 Å². The van der Waals surface area contributed by atoms with Crippen molar-refractivity contribution in [3.05, 3.63) is 0 Å². The van der Waals surface area contributed by atoms with Gasteiger partial charge in [0.25, 0.3) is 0 Å². The summed E-state index contributed by atoms with van der Waals surface area (Å²) in [7, 11) is -4.38. The monoisotopic (exact) mass is 233 g/mol. The molecule has 0 amide bonds. The van der Waals surface area contributed by atoms with Crippen molar-refractivity contribution in [1.82, 2.24) is 4.31 Å². The summed E-state index contributed by atoms with van der Waals surface area (Å²) in [5.74, 6) is -0.141. The third kappa shape index (κ3) is 5.40. The van der Waals surface area contributed by atoms with Crippen LogP contribution >= 0.6 is 11.6 Å². The van der Waals surface area contributed by atoms with Crippen LogP contribution in [0.4, 0.5) is 0 Å². The van der Waals surface area contributed by atoms with Crippen LogP contribution in [0.2, 0.25) is 0 Å². The first kappa shape index (κ1) is 13.1. The summed E-state index contributed by atoms with van der Waals surface area (Å²) in [5.41, 5.74) is 0. The standard InChI is InChI=1S/C5H12ClNO5S/c6-3-5(9)4-7(1-2-8)13(10,11)12/h5,8-9H,1-4H2,(H,10,11,12). The number of hydrogen-bond donors (Lipinski definition) is 3. The summed E-state index contributed by atoms with van der Waals surface area (Å²) in [6.07, 6.45) is -1.06. The highest BCUT2D eigenvalue weighted by molar-refractivity contribution is 7.83. The van der Waals surface area contributed by atoms with Gasteiger partial charge in [0.05, 0.1) is 12.7 Å². The van der Waals surface area contributed by atoms with Gasteiger partial charge in [-0.2, -0.15) is 12.7 Å². The third-order valence-corrected chi connectivity index (χ3v) is 2.61.